The van der Waals surface area contributed by atoms with Gasteiger partial charge in [-0.2, -0.15) is 5.26 Å². The molecule has 21 heavy (non-hydrogen) atoms. The van der Waals surface area contributed by atoms with Crippen molar-refractivity contribution in [3.8, 4) is 6.07 Å². The number of rotatable bonds is 5. The zero-order valence-corrected chi connectivity index (χ0v) is 12.0. The van der Waals surface area contributed by atoms with E-state index in [0.29, 0.717) is 17.5 Å². The molecule has 2 rings (SSSR count). The third-order valence-electron chi connectivity index (χ3n) is 3.24. The van der Waals surface area contributed by atoms with Gasteiger partial charge in [-0.3, -0.25) is 0 Å². The Balaban J connectivity index is 2.24. The molecule has 1 unspecified atom stereocenters. The van der Waals surface area contributed by atoms with E-state index >= 15 is 0 Å². The van der Waals surface area contributed by atoms with Crippen molar-refractivity contribution in [2.75, 3.05) is 0 Å². The Morgan fingerprint density at radius 1 is 1.14 bits per heavy atom. The van der Waals surface area contributed by atoms with Gasteiger partial charge in [0.15, 0.2) is 0 Å². The van der Waals surface area contributed by atoms with Crippen LogP contribution in [0.2, 0.25) is 0 Å². The summed E-state index contributed by atoms with van der Waals surface area (Å²) < 4.78 is 5.62. The van der Waals surface area contributed by atoms with Crippen LogP contribution in [0.25, 0.3) is 0 Å². The van der Waals surface area contributed by atoms with Crippen LogP contribution in [0, 0.1) is 11.3 Å². The van der Waals surface area contributed by atoms with Gasteiger partial charge in [0.05, 0.1) is 17.2 Å². The fraction of sp³-hybridized carbons (Fsp3) is 0.222. The van der Waals surface area contributed by atoms with Crippen LogP contribution in [0.15, 0.2) is 54.6 Å². The predicted octanol–water partition coefficient (Wildman–Crippen LogP) is 4.26. The van der Waals surface area contributed by atoms with Gasteiger partial charge in [-0.05, 0) is 24.6 Å². The molecule has 0 aliphatic carbocycles. The largest absolute Gasteiger partial charge is 0.454 e. The molecule has 0 radical (unpaired) electrons. The average Bonchev–Trinajstić information content (AvgIpc) is 2.55. The molecular weight excluding hydrogens is 262 g/mol. The summed E-state index contributed by atoms with van der Waals surface area (Å²) in [5, 5.41) is 9.20. The number of benzene rings is 2. The van der Waals surface area contributed by atoms with Gasteiger partial charge < -0.3 is 4.74 Å². The highest BCUT2D eigenvalue weighted by molar-refractivity contribution is 5.89. The summed E-state index contributed by atoms with van der Waals surface area (Å²) in [5.74, 6) is -0.359. The lowest BCUT2D eigenvalue weighted by molar-refractivity contribution is 0.0274. The Bertz CT molecular complexity index is 644. The van der Waals surface area contributed by atoms with Crippen molar-refractivity contribution in [1.29, 1.82) is 5.26 Å². The number of hydrogen-bond acceptors (Lipinski definition) is 3. The normalized spacial score (nSPS) is 11.4. The van der Waals surface area contributed by atoms with E-state index in [1.807, 2.05) is 31.2 Å². The topological polar surface area (TPSA) is 50.1 Å². The molecule has 0 N–H and O–H groups in total. The van der Waals surface area contributed by atoms with Crippen molar-refractivity contribution >= 4 is 5.97 Å². The Morgan fingerprint density at radius 2 is 1.81 bits per heavy atom. The molecule has 0 fully saturated rings. The maximum Gasteiger partial charge on any atom is 0.338 e. The van der Waals surface area contributed by atoms with E-state index in [2.05, 4.69) is 6.07 Å². The number of nitriles is 1. The second kappa shape index (κ2) is 7.25. The minimum atomic E-state index is -0.390. The molecule has 0 heterocycles. The lowest BCUT2D eigenvalue weighted by Crippen LogP contribution is -2.12. The van der Waals surface area contributed by atoms with Gasteiger partial charge in [-0.15, -0.1) is 0 Å². The van der Waals surface area contributed by atoms with Gasteiger partial charge in [0, 0.05) is 5.56 Å². The summed E-state index contributed by atoms with van der Waals surface area (Å²) in [6, 6.07) is 18.3. The van der Waals surface area contributed by atoms with E-state index in [4.69, 9.17) is 4.74 Å². The van der Waals surface area contributed by atoms with Crippen molar-refractivity contribution in [2.24, 2.45) is 0 Å². The van der Waals surface area contributed by atoms with Crippen LogP contribution in [0.3, 0.4) is 0 Å². The minimum absolute atomic E-state index is 0.359. The molecule has 2 aromatic carbocycles. The summed E-state index contributed by atoms with van der Waals surface area (Å²) in [6.45, 7) is 2.03. The van der Waals surface area contributed by atoms with Crippen LogP contribution < -0.4 is 0 Å². The molecule has 3 nitrogen and oxygen atoms in total. The van der Waals surface area contributed by atoms with E-state index in [1.54, 1.807) is 30.3 Å². The van der Waals surface area contributed by atoms with Crippen molar-refractivity contribution in [2.45, 2.75) is 25.9 Å². The van der Waals surface area contributed by atoms with E-state index in [1.165, 1.54) is 0 Å². The van der Waals surface area contributed by atoms with Gasteiger partial charge in [-0.1, -0.05) is 49.7 Å². The molecule has 1 atom stereocenters. The highest BCUT2D eigenvalue weighted by Crippen LogP contribution is 2.26. The number of nitrogens with zero attached hydrogens (tertiary/aromatic N) is 1. The van der Waals surface area contributed by atoms with Crippen molar-refractivity contribution < 1.29 is 9.53 Å². The molecule has 0 bridgehead atoms. The van der Waals surface area contributed by atoms with E-state index in [9.17, 15) is 10.1 Å². The molecule has 0 saturated carbocycles. The van der Waals surface area contributed by atoms with Gasteiger partial charge in [0.25, 0.3) is 0 Å². The van der Waals surface area contributed by atoms with Crippen molar-refractivity contribution in [3.05, 3.63) is 71.3 Å². The Morgan fingerprint density at radius 3 is 2.48 bits per heavy atom. The predicted molar refractivity (Wildman–Crippen MR) is 80.7 cm³/mol. The maximum atomic E-state index is 12.2. The highest BCUT2D eigenvalue weighted by Gasteiger charge is 2.19. The first-order chi connectivity index (χ1) is 10.3. The number of ether oxygens (including phenoxy) is 1. The standard InChI is InChI=1S/C18H17NO2/c1-2-8-17(16-12-7-6-11-15(16)13-19)21-18(20)14-9-4-3-5-10-14/h3-7,9-12,17H,2,8H2,1H3. The summed E-state index contributed by atoms with van der Waals surface area (Å²) in [4.78, 5) is 12.2. The average molecular weight is 279 g/mol. The first-order valence-corrected chi connectivity index (χ1v) is 7.01. The molecule has 0 aliphatic heterocycles. The van der Waals surface area contributed by atoms with Crippen LogP contribution in [0.5, 0.6) is 0 Å². The number of carbonyl (C=O) groups is 1. The fourth-order valence-electron chi connectivity index (χ4n) is 2.19. The molecule has 0 aromatic heterocycles. The summed E-state index contributed by atoms with van der Waals surface area (Å²) in [5.41, 5.74) is 1.84. The lowest BCUT2D eigenvalue weighted by Gasteiger charge is -2.18. The van der Waals surface area contributed by atoms with E-state index in [-0.39, 0.29) is 5.97 Å². The number of esters is 1. The van der Waals surface area contributed by atoms with Crippen LogP contribution >= 0.6 is 0 Å². The monoisotopic (exact) mass is 279 g/mol. The Hall–Kier alpha value is -2.60. The van der Waals surface area contributed by atoms with Crippen molar-refractivity contribution in [1.82, 2.24) is 0 Å². The van der Waals surface area contributed by atoms with Crippen LogP contribution in [0.1, 0.15) is 47.4 Å². The first kappa shape index (κ1) is 14.8. The third kappa shape index (κ3) is 3.70. The van der Waals surface area contributed by atoms with Crippen LogP contribution in [-0.4, -0.2) is 5.97 Å². The number of carbonyl (C=O) groups excluding carboxylic acids is 1. The Labute approximate surface area is 124 Å². The van der Waals surface area contributed by atoms with Crippen molar-refractivity contribution in [3.63, 3.8) is 0 Å². The summed E-state index contributed by atoms with van der Waals surface area (Å²) >= 11 is 0. The zero-order valence-electron chi connectivity index (χ0n) is 12.0. The van der Waals surface area contributed by atoms with Gasteiger partial charge >= 0.3 is 5.97 Å². The lowest BCUT2D eigenvalue weighted by atomic mass is 10.00. The van der Waals surface area contributed by atoms with E-state index in [0.717, 1.165) is 12.0 Å². The molecule has 2 aromatic rings. The zero-order chi connectivity index (χ0) is 15.1. The number of hydrogen-bond donors (Lipinski definition) is 0. The first-order valence-electron chi connectivity index (χ1n) is 7.01. The molecule has 0 aliphatic rings. The SMILES string of the molecule is CCCC(OC(=O)c1ccccc1)c1ccccc1C#N. The third-order valence-corrected chi connectivity index (χ3v) is 3.24. The quantitative estimate of drug-likeness (QED) is 0.768. The summed E-state index contributed by atoms with van der Waals surface area (Å²) in [6.07, 6.45) is 1.17. The fourth-order valence-corrected chi connectivity index (χ4v) is 2.19. The Kier molecular flexibility index (Phi) is 5.11. The smallest absolute Gasteiger partial charge is 0.338 e. The minimum Gasteiger partial charge on any atom is -0.454 e. The molecule has 3 heteroatoms. The van der Waals surface area contributed by atoms with Crippen LogP contribution in [0.4, 0.5) is 0 Å². The van der Waals surface area contributed by atoms with Gasteiger partial charge in [-0.25, -0.2) is 4.79 Å². The highest BCUT2D eigenvalue weighted by atomic mass is 16.5. The van der Waals surface area contributed by atoms with Gasteiger partial charge in [0.1, 0.15) is 6.10 Å². The second-order valence-electron chi connectivity index (χ2n) is 4.75. The summed E-state index contributed by atoms with van der Waals surface area (Å²) in [7, 11) is 0. The molecular formula is C18H17NO2. The van der Waals surface area contributed by atoms with E-state index < -0.39 is 6.10 Å². The molecule has 0 saturated heterocycles. The molecule has 0 amide bonds. The van der Waals surface area contributed by atoms with Crippen LogP contribution in [-0.2, 0) is 4.74 Å². The molecule has 106 valence electrons. The molecule has 0 spiro atoms. The maximum absolute atomic E-state index is 12.2. The second-order valence-corrected chi connectivity index (χ2v) is 4.75. The van der Waals surface area contributed by atoms with Gasteiger partial charge in [0.2, 0.25) is 0 Å².